The lowest BCUT2D eigenvalue weighted by molar-refractivity contribution is -0.139. The Morgan fingerprint density at radius 3 is 2.65 bits per heavy atom. The Bertz CT molecular complexity index is 663. The zero-order valence-electron chi connectivity index (χ0n) is 12.6. The second kappa shape index (κ2) is 8.38. The Balaban J connectivity index is 1.77. The van der Waals surface area contributed by atoms with E-state index in [4.69, 9.17) is 9.15 Å². The summed E-state index contributed by atoms with van der Waals surface area (Å²) in [6.07, 6.45) is 2.93. The Morgan fingerprint density at radius 2 is 2.00 bits per heavy atom. The molecule has 2 aromatic rings. The maximum atomic E-state index is 11.5. The molecule has 23 heavy (non-hydrogen) atoms. The molecule has 0 aliphatic rings. The van der Waals surface area contributed by atoms with Crippen molar-refractivity contribution in [3.63, 3.8) is 0 Å². The highest BCUT2D eigenvalue weighted by Crippen LogP contribution is 2.10. The Kier molecular flexibility index (Phi) is 5.93. The average Bonchev–Trinajstić information content (AvgIpc) is 3.08. The highest BCUT2D eigenvalue weighted by atomic mass is 16.5. The molecule has 120 valence electrons. The van der Waals surface area contributed by atoms with Crippen molar-refractivity contribution in [3.05, 3.63) is 54.0 Å². The maximum absolute atomic E-state index is 11.5. The van der Waals surface area contributed by atoms with Gasteiger partial charge >= 0.3 is 11.8 Å². The van der Waals surface area contributed by atoms with Gasteiger partial charge in [-0.3, -0.25) is 9.59 Å². The lowest BCUT2D eigenvalue weighted by atomic mass is 10.2. The van der Waals surface area contributed by atoms with Gasteiger partial charge in [0.25, 0.3) is 0 Å². The van der Waals surface area contributed by atoms with E-state index < -0.39 is 11.8 Å². The molecule has 0 saturated carbocycles. The van der Waals surface area contributed by atoms with Gasteiger partial charge in [0, 0.05) is 0 Å². The Labute approximate surface area is 133 Å². The van der Waals surface area contributed by atoms with E-state index in [9.17, 15) is 9.59 Å². The van der Waals surface area contributed by atoms with E-state index in [-0.39, 0.29) is 6.54 Å². The first-order valence-electron chi connectivity index (χ1n) is 7.05. The summed E-state index contributed by atoms with van der Waals surface area (Å²) in [6.45, 7) is 2.64. The number of rotatable bonds is 6. The van der Waals surface area contributed by atoms with Gasteiger partial charge in [0.05, 0.1) is 25.6 Å². The molecule has 0 aliphatic heterocycles. The number of benzene rings is 1. The quantitative estimate of drug-likeness (QED) is 0.479. The number of furan rings is 1. The summed E-state index contributed by atoms with van der Waals surface area (Å²) < 4.78 is 10.4. The molecule has 1 aromatic carbocycles. The van der Waals surface area contributed by atoms with Gasteiger partial charge in [-0.05, 0) is 48.9 Å². The van der Waals surface area contributed by atoms with Crippen molar-refractivity contribution in [1.82, 2.24) is 10.7 Å². The molecule has 0 unspecified atom stereocenters. The smallest absolute Gasteiger partial charge is 0.329 e. The zero-order valence-corrected chi connectivity index (χ0v) is 12.6. The second-order valence-corrected chi connectivity index (χ2v) is 4.46. The number of carbonyl (C=O) groups excluding carboxylic acids is 2. The monoisotopic (exact) mass is 315 g/mol. The summed E-state index contributed by atoms with van der Waals surface area (Å²) in [6, 6.07) is 10.6. The first kappa shape index (κ1) is 16.3. The number of hydrogen-bond acceptors (Lipinski definition) is 5. The predicted molar refractivity (Wildman–Crippen MR) is 83.9 cm³/mol. The van der Waals surface area contributed by atoms with E-state index in [1.165, 1.54) is 12.5 Å². The van der Waals surface area contributed by atoms with E-state index in [2.05, 4.69) is 15.8 Å². The van der Waals surface area contributed by atoms with Crippen LogP contribution in [-0.2, 0) is 16.1 Å². The molecule has 0 aliphatic carbocycles. The molecule has 7 heteroatoms. The number of amides is 2. The van der Waals surface area contributed by atoms with Crippen LogP contribution in [0.5, 0.6) is 5.75 Å². The molecule has 0 atom stereocenters. The van der Waals surface area contributed by atoms with Crippen LogP contribution in [0, 0.1) is 0 Å². The van der Waals surface area contributed by atoms with Gasteiger partial charge in [-0.2, -0.15) is 5.10 Å². The van der Waals surface area contributed by atoms with E-state index in [0.29, 0.717) is 12.4 Å². The Hall–Kier alpha value is -3.09. The van der Waals surface area contributed by atoms with E-state index >= 15 is 0 Å². The molecule has 0 spiro atoms. The van der Waals surface area contributed by atoms with Gasteiger partial charge in [0.2, 0.25) is 0 Å². The molecular weight excluding hydrogens is 298 g/mol. The third kappa shape index (κ3) is 5.31. The summed E-state index contributed by atoms with van der Waals surface area (Å²) in [5.41, 5.74) is 2.93. The van der Waals surface area contributed by atoms with Gasteiger partial charge in [-0.25, -0.2) is 5.43 Å². The van der Waals surface area contributed by atoms with Gasteiger partial charge in [-0.15, -0.1) is 0 Å². The standard InChI is InChI=1S/C16H17N3O4/c1-2-22-13-7-5-12(6-8-13)10-18-19-16(21)15(20)17-11-14-4-3-9-23-14/h3-10H,2,11H2,1H3,(H,17,20)(H,19,21)/b18-10-. The van der Waals surface area contributed by atoms with Crippen LogP contribution in [0.1, 0.15) is 18.2 Å². The van der Waals surface area contributed by atoms with Crippen LogP contribution in [0.25, 0.3) is 0 Å². The van der Waals surface area contributed by atoms with Crippen LogP contribution >= 0.6 is 0 Å². The van der Waals surface area contributed by atoms with E-state index in [0.717, 1.165) is 11.3 Å². The number of hydrazone groups is 1. The minimum absolute atomic E-state index is 0.141. The molecule has 2 amide bonds. The topological polar surface area (TPSA) is 92.9 Å². The van der Waals surface area contributed by atoms with Crippen molar-refractivity contribution in [2.75, 3.05) is 6.61 Å². The lowest BCUT2D eigenvalue weighted by Gasteiger charge is -2.02. The molecule has 2 N–H and O–H groups in total. The zero-order chi connectivity index (χ0) is 16.5. The third-order valence-electron chi connectivity index (χ3n) is 2.78. The number of nitrogens with zero attached hydrogens (tertiary/aromatic N) is 1. The number of carbonyl (C=O) groups is 2. The minimum atomic E-state index is -0.848. The van der Waals surface area contributed by atoms with Crippen molar-refractivity contribution < 1.29 is 18.7 Å². The number of ether oxygens (including phenoxy) is 1. The summed E-state index contributed by atoms with van der Waals surface area (Å²) in [5, 5.41) is 6.15. The average molecular weight is 315 g/mol. The molecule has 0 saturated heterocycles. The first-order valence-corrected chi connectivity index (χ1v) is 7.05. The summed E-state index contributed by atoms with van der Waals surface area (Å²) in [7, 11) is 0. The van der Waals surface area contributed by atoms with Crippen LogP contribution in [0.4, 0.5) is 0 Å². The molecule has 0 radical (unpaired) electrons. The molecule has 0 fully saturated rings. The number of hydrogen-bond donors (Lipinski definition) is 2. The fourth-order valence-electron chi connectivity index (χ4n) is 1.69. The van der Waals surface area contributed by atoms with Crippen molar-refractivity contribution in [2.45, 2.75) is 13.5 Å². The largest absolute Gasteiger partial charge is 0.494 e. The van der Waals surface area contributed by atoms with Crippen molar-refractivity contribution in [2.24, 2.45) is 5.10 Å². The second-order valence-electron chi connectivity index (χ2n) is 4.46. The highest BCUT2D eigenvalue weighted by molar-refractivity contribution is 6.35. The summed E-state index contributed by atoms with van der Waals surface area (Å²) >= 11 is 0. The van der Waals surface area contributed by atoms with E-state index in [1.54, 1.807) is 36.4 Å². The van der Waals surface area contributed by atoms with Crippen molar-refractivity contribution in [3.8, 4) is 5.75 Å². The van der Waals surface area contributed by atoms with Gasteiger partial charge in [0.1, 0.15) is 11.5 Å². The van der Waals surface area contributed by atoms with Crippen LogP contribution < -0.4 is 15.5 Å². The van der Waals surface area contributed by atoms with Crippen LogP contribution in [0.15, 0.2) is 52.2 Å². The maximum Gasteiger partial charge on any atom is 0.329 e. The Morgan fingerprint density at radius 1 is 1.22 bits per heavy atom. The third-order valence-corrected chi connectivity index (χ3v) is 2.78. The molecule has 1 aromatic heterocycles. The molecule has 7 nitrogen and oxygen atoms in total. The minimum Gasteiger partial charge on any atom is -0.494 e. The summed E-state index contributed by atoms with van der Waals surface area (Å²) in [5.74, 6) is -0.320. The summed E-state index contributed by atoms with van der Waals surface area (Å²) in [4.78, 5) is 23.1. The van der Waals surface area contributed by atoms with Crippen molar-refractivity contribution >= 4 is 18.0 Å². The SMILES string of the molecule is CCOc1ccc(/C=N\NC(=O)C(=O)NCc2ccco2)cc1. The normalized spacial score (nSPS) is 10.5. The van der Waals surface area contributed by atoms with E-state index in [1.807, 2.05) is 6.92 Å². The fourth-order valence-corrected chi connectivity index (χ4v) is 1.69. The van der Waals surface area contributed by atoms with Gasteiger partial charge in [-0.1, -0.05) is 0 Å². The van der Waals surface area contributed by atoms with Crippen LogP contribution in [-0.4, -0.2) is 24.6 Å². The van der Waals surface area contributed by atoms with Crippen LogP contribution in [0.3, 0.4) is 0 Å². The van der Waals surface area contributed by atoms with Gasteiger partial charge in [0.15, 0.2) is 0 Å². The predicted octanol–water partition coefficient (Wildman–Crippen LogP) is 1.44. The molecule has 2 rings (SSSR count). The van der Waals surface area contributed by atoms with Gasteiger partial charge < -0.3 is 14.5 Å². The highest BCUT2D eigenvalue weighted by Gasteiger charge is 2.12. The molecular formula is C16H17N3O4. The molecule has 0 bridgehead atoms. The fraction of sp³-hybridized carbons (Fsp3) is 0.188. The van der Waals surface area contributed by atoms with Crippen LogP contribution in [0.2, 0.25) is 0 Å². The first-order chi connectivity index (χ1) is 11.2. The molecule has 1 heterocycles. The van der Waals surface area contributed by atoms with Crippen molar-refractivity contribution in [1.29, 1.82) is 0 Å². The lowest BCUT2D eigenvalue weighted by Crippen LogP contribution is -2.37. The number of nitrogens with one attached hydrogen (secondary N) is 2.